The minimum Gasteiger partial charge on any atom is -0.487 e. The summed E-state index contributed by atoms with van der Waals surface area (Å²) in [5.41, 5.74) is 7.65. The van der Waals surface area contributed by atoms with Gasteiger partial charge in [-0.3, -0.25) is 0 Å². The molecule has 2 atom stereocenters. The zero-order valence-electron chi connectivity index (χ0n) is 10.3. The van der Waals surface area contributed by atoms with Crippen LogP contribution in [0, 0.1) is 5.41 Å². The summed E-state index contributed by atoms with van der Waals surface area (Å²) in [5, 5.41) is 0. The van der Waals surface area contributed by atoms with Gasteiger partial charge in [-0.2, -0.15) is 0 Å². The van der Waals surface area contributed by atoms with Crippen LogP contribution in [-0.2, 0) is 0 Å². The molecule has 1 heterocycles. The molecule has 1 unspecified atom stereocenters. The van der Waals surface area contributed by atoms with E-state index in [0.29, 0.717) is 5.41 Å². The molecular formula is C14H18BrNO. The fourth-order valence-corrected chi connectivity index (χ4v) is 3.18. The fourth-order valence-electron chi connectivity index (χ4n) is 2.80. The second kappa shape index (κ2) is 3.48. The molecule has 2 aliphatic rings. The second-order valence-electron chi connectivity index (χ2n) is 5.89. The van der Waals surface area contributed by atoms with E-state index >= 15 is 0 Å². The number of ether oxygens (including phenoxy) is 1. The number of rotatable bonds is 1. The van der Waals surface area contributed by atoms with E-state index in [4.69, 9.17) is 10.5 Å². The number of hydrogen-bond donors (Lipinski definition) is 1. The van der Waals surface area contributed by atoms with Crippen LogP contribution in [-0.4, -0.2) is 5.60 Å². The molecule has 0 saturated heterocycles. The van der Waals surface area contributed by atoms with Gasteiger partial charge < -0.3 is 10.5 Å². The van der Waals surface area contributed by atoms with E-state index in [1.165, 1.54) is 12.8 Å². The predicted molar refractivity (Wildman–Crippen MR) is 72.1 cm³/mol. The maximum absolute atomic E-state index is 6.31. The molecule has 0 aromatic heterocycles. The third-order valence-electron chi connectivity index (χ3n) is 4.59. The van der Waals surface area contributed by atoms with Gasteiger partial charge in [-0.25, -0.2) is 0 Å². The molecule has 17 heavy (non-hydrogen) atoms. The Balaban J connectivity index is 2.01. The molecular weight excluding hydrogens is 278 g/mol. The van der Waals surface area contributed by atoms with Crippen molar-refractivity contribution < 1.29 is 4.74 Å². The first-order valence-electron chi connectivity index (χ1n) is 6.18. The number of nitrogens with two attached hydrogens (primary N) is 1. The average molecular weight is 296 g/mol. The van der Waals surface area contributed by atoms with Crippen LogP contribution < -0.4 is 10.5 Å². The van der Waals surface area contributed by atoms with Crippen molar-refractivity contribution in [3.8, 4) is 5.75 Å². The van der Waals surface area contributed by atoms with Crippen molar-refractivity contribution in [3.63, 3.8) is 0 Å². The molecule has 0 spiro atoms. The Morgan fingerprint density at radius 1 is 1.35 bits per heavy atom. The average Bonchev–Trinajstić information content (AvgIpc) is 3.00. The van der Waals surface area contributed by atoms with Gasteiger partial charge >= 0.3 is 0 Å². The monoisotopic (exact) mass is 295 g/mol. The van der Waals surface area contributed by atoms with Gasteiger partial charge in [-0.15, -0.1) is 0 Å². The molecule has 1 saturated carbocycles. The summed E-state index contributed by atoms with van der Waals surface area (Å²) in [5.74, 6) is 0.961. The van der Waals surface area contributed by atoms with Crippen molar-refractivity contribution in [1.29, 1.82) is 0 Å². The molecule has 1 aromatic rings. The second-order valence-corrected chi connectivity index (χ2v) is 6.80. The zero-order valence-corrected chi connectivity index (χ0v) is 11.9. The van der Waals surface area contributed by atoms with Crippen molar-refractivity contribution in [3.05, 3.63) is 28.2 Å². The molecule has 0 radical (unpaired) electrons. The first-order valence-corrected chi connectivity index (χ1v) is 6.97. The van der Waals surface area contributed by atoms with E-state index in [2.05, 4.69) is 35.8 Å². The highest BCUT2D eigenvalue weighted by Gasteiger charge is 2.57. The van der Waals surface area contributed by atoms with Gasteiger partial charge in [-0.05, 0) is 38.0 Å². The van der Waals surface area contributed by atoms with Gasteiger partial charge in [-0.1, -0.05) is 22.9 Å². The van der Waals surface area contributed by atoms with E-state index in [1.54, 1.807) is 0 Å². The first-order chi connectivity index (χ1) is 7.94. The summed E-state index contributed by atoms with van der Waals surface area (Å²) in [4.78, 5) is 0. The molecule has 0 amide bonds. The molecule has 92 valence electrons. The van der Waals surface area contributed by atoms with Gasteiger partial charge in [0.1, 0.15) is 11.4 Å². The third-order valence-corrected chi connectivity index (χ3v) is 5.09. The van der Waals surface area contributed by atoms with Gasteiger partial charge in [0.2, 0.25) is 0 Å². The van der Waals surface area contributed by atoms with Crippen LogP contribution in [0.3, 0.4) is 0 Å². The van der Waals surface area contributed by atoms with Crippen LogP contribution in [0.15, 0.2) is 22.7 Å². The van der Waals surface area contributed by atoms with Crippen LogP contribution in [0.5, 0.6) is 5.75 Å². The molecule has 1 aliphatic heterocycles. The zero-order chi connectivity index (χ0) is 12.3. The van der Waals surface area contributed by atoms with Crippen molar-refractivity contribution >= 4 is 15.9 Å². The van der Waals surface area contributed by atoms with E-state index in [9.17, 15) is 0 Å². The Hall–Kier alpha value is -0.540. The standard InChI is InChI=1S/C14H18BrNO/c1-13(5-6-13)14(2)8-11(16)10-7-9(15)3-4-12(10)17-14/h3-4,7,11H,5-6,8,16H2,1-2H3/t11-,14?/m0/s1. The molecule has 3 heteroatoms. The Bertz CT molecular complexity index is 469. The minimum absolute atomic E-state index is 0.0821. The molecule has 0 bridgehead atoms. The summed E-state index contributed by atoms with van der Waals surface area (Å²) in [6, 6.07) is 6.21. The van der Waals surface area contributed by atoms with Gasteiger partial charge in [0.25, 0.3) is 0 Å². The van der Waals surface area contributed by atoms with Crippen LogP contribution >= 0.6 is 15.9 Å². The number of hydrogen-bond acceptors (Lipinski definition) is 2. The largest absolute Gasteiger partial charge is 0.487 e. The minimum atomic E-state index is -0.104. The van der Waals surface area contributed by atoms with E-state index < -0.39 is 0 Å². The highest BCUT2D eigenvalue weighted by atomic mass is 79.9. The quantitative estimate of drug-likeness (QED) is 0.855. The molecule has 1 aliphatic carbocycles. The molecule has 3 rings (SSSR count). The third kappa shape index (κ3) is 1.71. The van der Waals surface area contributed by atoms with Gasteiger partial charge in [0.05, 0.1) is 0 Å². The van der Waals surface area contributed by atoms with E-state index in [0.717, 1.165) is 22.2 Å². The summed E-state index contributed by atoms with van der Waals surface area (Å²) in [7, 11) is 0. The fraction of sp³-hybridized carbons (Fsp3) is 0.571. The number of fused-ring (bicyclic) bond motifs is 1. The lowest BCUT2D eigenvalue weighted by molar-refractivity contribution is -0.00895. The smallest absolute Gasteiger partial charge is 0.125 e. The summed E-state index contributed by atoms with van der Waals surface area (Å²) in [6.07, 6.45) is 3.41. The topological polar surface area (TPSA) is 35.2 Å². The van der Waals surface area contributed by atoms with Gasteiger partial charge in [0, 0.05) is 27.9 Å². The van der Waals surface area contributed by atoms with Crippen LogP contribution in [0.25, 0.3) is 0 Å². The lowest BCUT2D eigenvalue weighted by atomic mass is 9.78. The highest BCUT2D eigenvalue weighted by Crippen LogP contribution is 2.59. The normalized spacial score (nSPS) is 33.8. The van der Waals surface area contributed by atoms with Gasteiger partial charge in [0.15, 0.2) is 0 Å². The Morgan fingerprint density at radius 2 is 2.06 bits per heavy atom. The summed E-state index contributed by atoms with van der Waals surface area (Å²) < 4.78 is 7.34. The van der Waals surface area contributed by atoms with E-state index in [1.807, 2.05) is 12.1 Å². The molecule has 2 N–H and O–H groups in total. The summed E-state index contributed by atoms with van der Waals surface area (Å²) in [6.45, 7) is 4.52. The van der Waals surface area contributed by atoms with Crippen LogP contribution in [0.4, 0.5) is 0 Å². The lowest BCUT2D eigenvalue weighted by Gasteiger charge is -2.43. The Morgan fingerprint density at radius 3 is 2.71 bits per heavy atom. The maximum atomic E-state index is 6.31. The van der Waals surface area contributed by atoms with Crippen molar-refractivity contribution in [2.24, 2.45) is 11.1 Å². The van der Waals surface area contributed by atoms with E-state index in [-0.39, 0.29) is 11.6 Å². The number of halogens is 1. The van der Waals surface area contributed by atoms with Crippen molar-refractivity contribution in [2.45, 2.75) is 44.8 Å². The molecule has 2 nitrogen and oxygen atoms in total. The first kappa shape index (κ1) is 11.5. The lowest BCUT2D eigenvalue weighted by Crippen LogP contribution is -2.46. The Labute approximate surface area is 111 Å². The van der Waals surface area contributed by atoms with Crippen molar-refractivity contribution in [1.82, 2.24) is 0 Å². The molecule has 1 fully saturated rings. The maximum Gasteiger partial charge on any atom is 0.125 e. The molecule has 1 aromatic carbocycles. The van der Waals surface area contributed by atoms with Crippen LogP contribution in [0.2, 0.25) is 0 Å². The highest BCUT2D eigenvalue weighted by molar-refractivity contribution is 9.10. The Kier molecular flexibility index (Phi) is 2.37. The predicted octanol–water partition coefficient (Wildman–Crippen LogP) is 3.79. The number of benzene rings is 1. The van der Waals surface area contributed by atoms with Crippen molar-refractivity contribution in [2.75, 3.05) is 0 Å². The van der Waals surface area contributed by atoms with Crippen LogP contribution in [0.1, 0.15) is 44.7 Å². The summed E-state index contributed by atoms with van der Waals surface area (Å²) >= 11 is 3.49. The SMILES string of the molecule is CC1(C2(C)C[C@H](N)c3cc(Br)ccc3O2)CC1.